The van der Waals surface area contributed by atoms with Crippen LogP contribution in [0.3, 0.4) is 0 Å². The van der Waals surface area contributed by atoms with Gasteiger partial charge in [-0.1, -0.05) is 23.7 Å². The van der Waals surface area contributed by atoms with Gasteiger partial charge >= 0.3 is 6.09 Å². The Hall–Kier alpha value is -2.97. The van der Waals surface area contributed by atoms with Gasteiger partial charge in [0.15, 0.2) is 11.5 Å². The zero-order valence-corrected chi connectivity index (χ0v) is 24.4. The summed E-state index contributed by atoms with van der Waals surface area (Å²) in [6, 6.07) is 10.5. The van der Waals surface area contributed by atoms with E-state index in [1.54, 1.807) is 43.5 Å². The van der Waals surface area contributed by atoms with E-state index in [9.17, 15) is 14.7 Å². The number of nitrogens with one attached hydrogen (secondary N) is 2. The van der Waals surface area contributed by atoms with Gasteiger partial charge in [0.1, 0.15) is 11.7 Å². The number of methoxy groups -OCH3 is 1. The monoisotopic (exact) mass is 560 g/mol. The standard InChI is InChI=1S/C30H41ClN2O6/c1-18(2)38-26-17-24(28(35)19-7-9-21(31)10-8-19)20(15-25(26)37-6)16-27(34)32-22-11-13-23(14-12-22)33-29(36)39-30(3,4)5/h7-10,15,17-18,22-23,28,35H,11-14,16H2,1-6H3,(H,32,34)(H,33,36)/t22?,23?,28-/m1/s1. The Morgan fingerprint density at radius 2 is 1.59 bits per heavy atom. The largest absolute Gasteiger partial charge is 0.493 e. The second-order valence-electron chi connectivity index (χ2n) is 11.3. The summed E-state index contributed by atoms with van der Waals surface area (Å²) in [5, 5.41) is 17.9. The SMILES string of the molecule is COc1cc(CC(=O)NC2CCC(NC(=O)OC(C)(C)C)CC2)c([C@H](O)c2ccc(Cl)cc2)cc1OC(C)C. The van der Waals surface area contributed by atoms with E-state index in [0.29, 0.717) is 33.2 Å². The van der Waals surface area contributed by atoms with Gasteiger partial charge in [0.25, 0.3) is 0 Å². The lowest BCUT2D eigenvalue weighted by atomic mass is 9.90. The molecule has 0 unspecified atom stereocenters. The molecule has 0 aliphatic heterocycles. The number of aliphatic hydroxyl groups is 1. The minimum absolute atomic E-state index is 0.00395. The molecule has 0 aromatic heterocycles. The molecule has 0 radical (unpaired) electrons. The van der Waals surface area contributed by atoms with Crippen molar-refractivity contribution in [3.8, 4) is 11.5 Å². The van der Waals surface area contributed by atoms with Crippen LogP contribution in [0.15, 0.2) is 36.4 Å². The minimum atomic E-state index is -0.986. The molecule has 0 spiro atoms. The Kier molecular flexibility index (Phi) is 10.5. The number of carbonyl (C=O) groups excluding carboxylic acids is 2. The Morgan fingerprint density at radius 3 is 2.13 bits per heavy atom. The number of alkyl carbamates (subject to hydrolysis) is 1. The topological polar surface area (TPSA) is 106 Å². The van der Waals surface area contributed by atoms with Crippen molar-refractivity contribution in [2.24, 2.45) is 0 Å². The lowest BCUT2D eigenvalue weighted by Crippen LogP contribution is -2.45. The van der Waals surface area contributed by atoms with Gasteiger partial charge in [-0.2, -0.15) is 0 Å². The first-order valence-corrected chi connectivity index (χ1v) is 13.8. The summed E-state index contributed by atoms with van der Waals surface area (Å²) in [6.45, 7) is 9.32. The van der Waals surface area contributed by atoms with E-state index in [1.165, 1.54) is 0 Å². The number of aliphatic hydroxyl groups excluding tert-OH is 1. The number of carbonyl (C=O) groups is 2. The minimum Gasteiger partial charge on any atom is -0.493 e. The Balaban J connectivity index is 1.70. The molecule has 2 amide bonds. The molecule has 214 valence electrons. The van der Waals surface area contributed by atoms with Gasteiger partial charge in [-0.05, 0) is 101 Å². The third-order valence-electron chi connectivity index (χ3n) is 6.43. The van der Waals surface area contributed by atoms with Crippen LogP contribution in [-0.4, -0.2) is 48.0 Å². The quantitative estimate of drug-likeness (QED) is 0.362. The van der Waals surface area contributed by atoms with Crippen LogP contribution >= 0.6 is 11.6 Å². The fraction of sp³-hybridized carbons (Fsp3) is 0.533. The second-order valence-corrected chi connectivity index (χ2v) is 11.7. The predicted octanol–water partition coefficient (Wildman–Crippen LogP) is 5.71. The normalized spacial score (nSPS) is 18.3. The van der Waals surface area contributed by atoms with Crippen molar-refractivity contribution in [2.45, 2.75) is 96.6 Å². The highest BCUT2D eigenvalue weighted by atomic mass is 35.5. The van der Waals surface area contributed by atoms with E-state index >= 15 is 0 Å². The summed E-state index contributed by atoms with van der Waals surface area (Å²) in [7, 11) is 1.55. The van der Waals surface area contributed by atoms with Crippen molar-refractivity contribution in [2.75, 3.05) is 7.11 Å². The van der Waals surface area contributed by atoms with Gasteiger partial charge < -0.3 is 30.0 Å². The number of hydrogen-bond donors (Lipinski definition) is 3. The summed E-state index contributed by atoms with van der Waals surface area (Å²) in [5.74, 6) is 0.838. The average molecular weight is 561 g/mol. The smallest absolute Gasteiger partial charge is 0.407 e. The zero-order chi connectivity index (χ0) is 28.7. The second kappa shape index (κ2) is 13.4. The van der Waals surface area contributed by atoms with Crippen LogP contribution in [0, 0.1) is 0 Å². The highest BCUT2D eigenvalue weighted by Crippen LogP contribution is 2.37. The van der Waals surface area contributed by atoms with Crippen molar-refractivity contribution < 1.29 is 28.9 Å². The van der Waals surface area contributed by atoms with Crippen molar-refractivity contribution in [1.29, 1.82) is 0 Å². The summed E-state index contributed by atoms with van der Waals surface area (Å²) in [4.78, 5) is 25.2. The van der Waals surface area contributed by atoms with Crippen LogP contribution < -0.4 is 20.1 Å². The van der Waals surface area contributed by atoms with E-state index < -0.39 is 17.8 Å². The first-order chi connectivity index (χ1) is 18.3. The zero-order valence-electron chi connectivity index (χ0n) is 23.7. The van der Waals surface area contributed by atoms with Crippen molar-refractivity contribution in [3.63, 3.8) is 0 Å². The third kappa shape index (κ3) is 9.32. The molecule has 8 nitrogen and oxygen atoms in total. The number of halogens is 1. The maximum Gasteiger partial charge on any atom is 0.407 e. The van der Waals surface area contributed by atoms with Crippen LogP contribution in [0.4, 0.5) is 4.79 Å². The van der Waals surface area contributed by atoms with E-state index in [0.717, 1.165) is 25.7 Å². The lowest BCUT2D eigenvalue weighted by molar-refractivity contribution is -0.121. The number of benzene rings is 2. The first kappa shape index (κ1) is 30.6. The van der Waals surface area contributed by atoms with Gasteiger partial charge in [-0.3, -0.25) is 4.79 Å². The highest BCUT2D eigenvalue weighted by Gasteiger charge is 2.27. The number of hydrogen-bond acceptors (Lipinski definition) is 6. The van der Waals surface area contributed by atoms with E-state index in [4.69, 9.17) is 25.8 Å². The summed E-state index contributed by atoms with van der Waals surface area (Å²) in [5.41, 5.74) is 1.31. The molecule has 1 aliphatic rings. The Bertz CT molecular complexity index is 1120. The fourth-order valence-corrected chi connectivity index (χ4v) is 4.79. The van der Waals surface area contributed by atoms with Crippen molar-refractivity contribution in [1.82, 2.24) is 10.6 Å². The fourth-order valence-electron chi connectivity index (χ4n) is 4.66. The number of amides is 2. The molecule has 3 rings (SSSR count). The molecule has 39 heavy (non-hydrogen) atoms. The molecular weight excluding hydrogens is 520 g/mol. The molecule has 0 heterocycles. The first-order valence-electron chi connectivity index (χ1n) is 13.4. The van der Waals surface area contributed by atoms with Crippen LogP contribution in [0.25, 0.3) is 0 Å². The highest BCUT2D eigenvalue weighted by molar-refractivity contribution is 6.30. The van der Waals surface area contributed by atoms with Crippen LogP contribution in [0.2, 0.25) is 5.02 Å². The van der Waals surface area contributed by atoms with E-state index in [-0.39, 0.29) is 30.5 Å². The molecule has 3 N–H and O–H groups in total. The van der Waals surface area contributed by atoms with E-state index in [2.05, 4.69) is 10.6 Å². The molecule has 2 aromatic carbocycles. The number of ether oxygens (including phenoxy) is 3. The van der Waals surface area contributed by atoms with E-state index in [1.807, 2.05) is 34.6 Å². The molecule has 0 saturated heterocycles. The predicted molar refractivity (Wildman–Crippen MR) is 152 cm³/mol. The van der Waals surface area contributed by atoms with Gasteiger partial charge in [0.05, 0.1) is 19.6 Å². The molecule has 1 fully saturated rings. The molecule has 1 atom stereocenters. The summed E-state index contributed by atoms with van der Waals surface area (Å²) >= 11 is 6.04. The molecule has 1 saturated carbocycles. The number of rotatable bonds is 9. The van der Waals surface area contributed by atoms with Crippen LogP contribution in [0.1, 0.15) is 83.1 Å². The summed E-state index contributed by atoms with van der Waals surface area (Å²) in [6.07, 6.45) is 1.55. The van der Waals surface area contributed by atoms with Crippen molar-refractivity contribution in [3.05, 3.63) is 58.1 Å². The van der Waals surface area contributed by atoms with Gasteiger partial charge in [0.2, 0.25) is 5.91 Å². The average Bonchev–Trinajstić information content (AvgIpc) is 2.84. The molecular formula is C30H41ClN2O6. The van der Waals surface area contributed by atoms with Gasteiger partial charge in [-0.15, -0.1) is 0 Å². The van der Waals surface area contributed by atoms with Crippen LogP contribution in [-0.2, 0) is 16.0 Å². The molecule has 9 heteroatoms. The lowest BCUT2D eigenvalue weighted by Gasteiger charge is -2.30. The molecule has 1 aliphatic carbocycles. The maximum atomic E-state index is 13.1. The maximum absolute atomic E-state index is 13.1. The van der Waals surface area contributed by atoms with Crippen molar-refractivity contribution >= 4 is 23.6 Å². The molecule has 0 bridgehead atoms. The van der Waals surface area contributed by atoms with Crippen LogP contribution in [0.5, 0.6) is 11.5 Å². The summed E-state index contributed by atoms with van der Waals surface area (Å²) < 4.78 is 16.8. The van der Waals surface area contributed by atoms with Gasteiger partial charge in [0, 0.05) is 17.1 Å². The Morgan fingerprint density at radius 1 is 1.00 bits per heavy atom. The third-order valence-corrected chi connectivity index (χ3v) is 6.68. The molecule has 2 aromatic rings. The van der Waals surface area contributed by atoms with Gasteiger partial charge in [-0.25, -0.2) is 4.79 Å². The Labute approximate surface area is 236 Å².